The zero-order valence-electron chi connectivity index (χ0n) is 9.63. The summed E-state index contributed by atoms with van der Waals surface area (Å²) in [5, 5.41) is 3.36. The van der Waals surface area contributed by atoms with Crippen molar-refractivity contribution >= 4 is 15.9 Å². The predicted molar refractivity (Wildman–Crippen MR) is 69.8 cm³/mol. The average Bonchev–Trinajstić information content (AvgIpc) is 2.32. The Morgan fingerprint density at radius 1 is 1.50 bits per heavy atom. The van der Waals surface area contributed by atoms with E-state index in [0.717, 1.165) is 37.0 Å². The van der Waals surface area contributed by atoms with E-state index in [1.165, 1.54) is 11.1 Å². The molecule has 0 bridgehead atoms. The summed E-state index contributed by atoms with van der Waals surface area (Å²) in [5.41, 5.74) is 2.79. The molecule has 1 unspecified atom stereocenters. The van der Waals surface area contributed by atoms with Crippen LogP contribution in [0.25, 0.3) is 0 Å². The molecule has 1 saturated heterocycles. The zero-order valence-corrected chi connectivity index (χ0v) is 11.2. The normalized spacial score (nSPS) is 21.0. The highest BCUT2D eigenvalue weighted by molar-refractivity contribution is 9.10. The number of hydrogen-bond donors (Lipinski definition) is 1. The van der Waals surface area contributed by atoms with E-state index in [0.29, 0.717) is 6.10 Å². The van der Waals surface area contributed by atoms with Gasteiger partial charge in [-0.05, 0) is 43.0 Å². The van der Waals surface area contributed by atoms with E-state index < -0.39 is 0 Å². The minimum absolute atomic E-state index is 0.382. The summed E-state index contributed by atoms with van der Waals surface area (Å²) < 4.78 is 6.86. The molecule has 1 aliphatic heterocycles. The summed E-state index contributed by atoms with van der Waals surface area (Å²) in [6.07, 6.45) is 2.58. The summed E-state index contributed by atoms with van der Waals surface area (Å²) >= 11 is 3.52. The lowest BCUT2D eigenvalue weighted by molar-refractivity contribution is 0.0238. The predicted octanol–water partition coefficient (Wildman–Crippen LogP) is 2.68. The summed E-state index contributed by atoms with van der Waals surface area (Å²) in [6, 6.07) is 6.47. The third-order valence-corrected chi connectivity index (χ3v) is 3.54. The summed E-state index contributed by atoms with van der Waals surface area (Å²) in [6.45, 7) is 5.00. The molecule has 0 saturated carbocycles. The first kappa shape index (κ1) is 12.1. The molecule has 0 aliphatic carbocycles. The largest absolute Gasteiger partial charge is 0.376 e. The molecule has 1 aliphatic rings. The van der Waals surface area contributed by atoms with Crippen LogP contribution in [0.3, 0.4) is 0 Å². The first-order valence-electron chi connectivity index (χ1n) is 5.83. The van der Waals surface area contributed by atoms with Gasteiger partial charge in [0, 0.05) is 17.6 Å². The van der Waals surface area contributed by atoms with Crippen LogP contribution >= 0.6 is 15.9 Å². The van der Waals surface area contributed by atoms with Gasteiger partial charge < -0.3 is 10.1 Å². The van der Waals surface area contributed by atoms with Crippen LogP contribution in [0.2, 0.25) is 0 Å². The minimum Gasteiger partial charge on any atom is -0.376 e. The highest BCUT2D eigenvalue weighted by Crippen LogP contribution is 2.18. The van der Waals surface area contributed by atoms with E-state index in [2.05, 4.69) is 46.4 Å². The summed E-state index contributed by atoms with van der Waals surface area (Å²) in [5.74, 6) is 0. The van der Waals surface area contributed by atoms with Gasteiger partial charge in [0.15, 0.2) is 0 Å². The first-order valence-corrected chi connectivity index (χ1v) is 6.62. The van der Waals surface area contributed by atoms with E-state index in [-0.39, 0.29) is 0 Å². The van der Waals surface area contributed by atoms with Gasteiger partial charge in [0.1, 0.15) is 0 Å². The molecule has 0 spiro atoms. The van der Waals surface area contributed by atoms with E-state index in [1.807, 2.05) is 0 Å². The van der Waals surface area contributed by atoms with Crippen molar-refractivity contribution in [1.82, 2.24) is 5.32 Å². The Balaban J connectivity index is 1.90. The van der Waals surface area contributed by atoms with Gasteiger partial charge in [-0.1, -0.05) is 22.0 Å². The Kier molecular flexibility index (Phi) is 4.38. The molecule has 1 aromatic carbocycles. The lowest BCUT2D eigenvalue weighted by atomic mass is 10.0. The quantitative estimate of drug-likeness (QED) is 0.921. The molecule has 0 radical (unpaired) electrons. The fraction of sp³-hybridized carbons (Fsp3) is 0.538. The SMILES string of the molecule is Cc1ccc(Br)cc1CCC1CNCCO1. The minimum atomic E-state index is 0.382. The number of morpholine rings is 1. The molecule has 0 amide bonds. The third kappa shape index (κ3) is 3.30. The molecule has 2 rings (SSSR count). The third-order valence-electron chi connectivity index (χ3n) is 3.05. The van der Waals surface area contributed by atoms with Crippen LogP contribution < -0.4 is 5.32 Å². The highest BCUT2D eigenvalue weighted by Gasteiger charge is 2.13. The standard InChI is InChI=1S/C13H18BrNO/c1-10-2-4-12(14)8-11(10)3-5-13-9-15-6-7-16-13/h2,4,8,13,15H,3,5-7,9H2,1H3. The Hall–Kier alpha value is -0.380. The fourth-order valence-electron chi connectivity index (χ4n) is 2.03. The lowest BCUT2D eigenvalue weighted by Gasteiger charge is -2.23. The van der Waals surface area contributed by atoms with Crippen molar-refractivity contribution in [2.45, 2.75) is 25.9 Å². The molecular weight excluding hydrogens is 266 g/mol. The zero-order chi connectivity index (χ0) is 11.4. The summed E-state index contributed by atoms with van der Waals surface area (Å²) in [4.78, 5) is 0. The number of rotatable bonds is 3. The van der Waals surface area contributed by atoms with Gasteiger partial charge in [0.05, 0.1) is 12.7 Å². The molecule has 0 aromatic heterocycles. The van der Waals surface area contributed by atoms with Gasteiger partial charge in [-0.3, -0.25) is 0 Å². The maximum Gasteiger partial charge on any atom is 0.0703 e. The van der Waals surface area contributed by atoms with Crippen molar-refractivity contribution in [1.29, 1.82) is 0 Å². The van der Waals surface area contributed by atoms with Crippen molar-refractivity contribution in [3.63, 3.8) is 0 Å². The molecule has 1 N–H and O–H groups in total. The van der Waals surface area contributed by atoms with E-state index in [4.69, 9.17) is 4.74 Å². The van der Waals surface area contributed by atoms with E-state index >= 15 is 0 Å². The Morgan fingerprint density at radius 3 is 3.12 bits per heavy atom. The van der Waals surface area contributed by atoms with Gasteiger partial charge in [0.25, 0.3) is 0 Å². The topological polar surface area (TPSA) is 21.3 Å². The molecular formula is C13H18BrNO. The van der Waals surface area contributed by atoms with Crippen LogP contribution in [0.4, 0.5) is 0 Å². The highest BCUT2D eigenvalue weighted by atomic mass is 79.9. The van der Waals surface area contributed by atoms with Crippen LogP contribution in [-0.2, 0) is 11.2 Å². The van der Waals surface area contributed by atoms with E-state index in [9.17, 15) is 0 Å². The van der Waals surface area contributed by atoms with Gasteiger partial charge in [-0.25, -0.2) is 0 Å². The van der Waals surface area contributed by atoms with Crippen molar-refractivity contribution in [2.75, 3.05) is 19.7 Å². The van der Waals surface area contributed by atoms with Crippen LogP contribution in [0, 0.1) is 6.92 Å². The molecule has 1 fully saturated rings. The first-order chi connectivity index (χ1) is 7.75. The monoisotopic (exact) mass is 283 g/mol. The second-order valence-corrected chi connectivity index (χ2v) is 5.22. The second-order valence-electron chi connectivity index (χ2n) is 4.31. The molecule has 1 heterocycles. The van der Waals surface area contributed by atoms with Gasteiger partial charge >= 0.3 is 0 Å². The number of ether oxygens (including phenoxy) is 1. The number of halogens is 1. The number of nitrogens with one attached hydrogen (secondary N) is 1. The average molecular weight is 284 g/mol. The maximum atomic E-state index is 5.70. The Bertz CT molecular complexity index is 348. The van der Waals surface area contributed by atoms with Gasteiger partial charge in [0.2, 0.25) is 0 Å². The van der Waals surface area contributed by atoms with Crippen LogP contribution in [0.15, 0.2) is 22.7 Å². The van der Waals surface area contributed by atoms with Gasteiger partial charge in [-0.2, -0.15) is 0 Å². The second kappa shape index (κ2) is 5.80. The summed E-state index contributed by atoms with van der Waals surface area (Å²) in [7, 11) is 0. The molecule has 3 heteroatoms. The molecule has 2 nitrogen and oxygen atoms in total. The lowest BCUT2D eigenvalue weighted by Crippen LogP contribution is -2.38. The molecule has 16 heavy (non-hydrogen) atoms. The van der Waals surface area contributed by atoms with Crippen molar-refractivity contribution in [3.05, 3.63) is 33.8 Å². The van der Waals surface area contributed by atoms with Crippen LogP contribution in [0.1, 0.15) is 17.5 Å². The van der Waals surface area contributed by atoms with Crippen molar-refractivity contribution < 1.29 is 4.74 Å². The van der Waals surface area contributed by atoms with Crippen LogP contribution in [0.5, 0.6) is 0 Å². The number of hydrogen-bond acceptors (Lipinski definition) is 2. The molecule has 1 atom stereocenters. The Labute approximate surface area is 106 Å². The van der Waals surface area contributed by atoms with Crippen molar-refractivity contribution in [2.24, 2.45) is 0 Å². The molecule has 1 aromatic rings. The fourth-order valence-corrected chi connectivity index (χ4v) is 2.44. The van der Waals surface area contributed by atoms with Crippen LogP contribution in [-0.4, -0.2) is 25.8 Å². The maximum absolute atomic E-state index is 5.70. The smallest absolute Gasteiger partial charge is 0.0703 e. The van der Waals surface area contributed by atoms with E-state index in [1.54, 1.807) is 0 Å². The number of aryl methyl sites for hydroxylation is 2. The van der Waals surface area contributed by atoms with Gasteiger partial charge in [-0.15, -0.1) is 0 Å². The Morgan fingerprint density at radius 2 is 2.38 bits per heavy atom. The molecule has 88 valence electrons. The number of benzene rings is 1. The van der Waals surface area contributed by atoms with Crippen molar-refractivity contribution in [3.8, 4) is 0 Å².